The molecule has 7 nitrogen and oxygen atoms in total. The first-order valence-corrected chi connectivity index (χ1v) is 11.2. The third-order valence-corrected chi connectivity index (χ3v) is 6.34. The van der Waals surface area contributed by atoms with Crippen molar-refractivity contribution in [3.63, 3.8) is 0 Å². The van der Waals surface area contributed by atoms with Crippen molar-refractivity contribution in [2.24, 2.45) is 5.92 Å². The van der Waals surface area contributed by atoms with Gasteiger partial charge in [-0.2, -0.15) is 13.2 Å². The molecule has 0 atom stereocenters. The number of anilines is 2. The number of aryl methyl sites for hydroxylation is 1. The Morgan fingerprint density at radius 3 is 2.59 bits per heavy atom. The summed E-state index contributed by atoms with van der Waals surface area (Å²) < 4.78 is 44.8. The van der Waals surface area contributed by atoms with Crippen LogP contribution in [-0.2, 0) is 4.79 Å². The Morgan fingerprint density at radius 2 is 1.91 bits per heavy atom. The smallest absolute Gasteiger partial charge is 0.405 e. The Morgan fingerprint density at radius 1 is 1.18 bits per heavy atom. The second-order valence-corrected chi connectivity index (χ2v) is 8.65. The molecule has 182 valence electrons. The molecule has 0 unspecified atom stereocenters. The molecule has 0 spiro atoms. The van der Waals surface area contributed by atoms with Crippen molar-refractivity contribution in [2.75, 3.05) is 24.3 Å². The highest BCUT2D eigenvalue weighted by molar-refractivity contribution is 5.93. The molecular weight excluding hydrogens is 449 g/mol. The number of carbonyl (C=O) groups is 1. The molecule has 1 amide bonds. The van der Waals surface area contributed by atoms with Gasteiger partial charge in [-0.05, 0) is 56.4 Å². The fourth-order valence-electron chi connectivity index (χ4n) is 4.59. The number of para-hydroxylation sites is 1. The maximum absolute atomic E-state index is 12.8. The van der Waals surface area contributed by atoms with E-state index in [1.807, 2.05) is 19.1 Å². The number of hydrogen-bond donors (Lipinski definition) is 3. The first-order valence-electron chi connectivity index (χ1n) is 11.2. The van der Waals surface area contributed by atoms with Crippen LogP contribution in [0.1, 0.15) is 37.3 Å². The van der Waals surface area contributed by atoms with E-state index < -0.39 is 12.7 Å². The maximum atomic E-state index is 12.8. The fourth-order valence-corrected chi connectivity index (χ4v) is 4.59. The van der Waals surface area contributed by atoms with Crippen LogP contribution in [0, 0.1) is 12.8 Å². The van der Waals surface area contributed by atoms with Gasteiger partial charge in [0.1, 0.15) is 12.3 Å². The average molecular weight is 476 g/mol. The number of aromatic nitrogens is 2. The van der Waals surface area contributed by atoms with E-state index in [0.717, 1.165) is 5.56 Å². The number of nitrogens with zero attached hydrogens (tertiary/aromatic N) is 1. The molecule has 0 aliphatic heterocycles. The van der Waals surface area contributed by atoms with E-state index in [1.54, 1.807) is 29.9 Å². The Balaban J connectivity index is 1.45. The van der Waals surface area contributed by atoms with Crippen LogP contribution >= 0.6 is 0 Å². The number of aromatic amines is 1. The second kappa shape index (κ2) is 9.44. The summed E-state index contributed by atoms with van der Waals surface area (Å²) in [7, 11) is 1.58. The minimum atomic E-state index is -4.37. The normalized spacial score (nSPS) is 18.6. The first-order chi connectivity index (χ1) is 16.2. The minimum absolute atomic E-state index is 0.0748. The largest absolute Gasteiger partial charge is 0.496 e. The molecule has 1 aliphatic rings. The SMILES string of the molecule is COc1cc(NC(=O)C2CCC(n3c(=O)[nH]c4c(NCC(F)(F)F)cccc43)CC2)ccc1C. The fraction of sp³-hybridized carbons (Fsp3) is 0.417. The van der Waals surface area contributed by atoms with Crippen molar-refractivity contribution in [3.05, 3.63) is 52.4 Å². The highest BCUT2D eigenvalue weighted by Crippen LogP contribution is 2.35. The summed E-state index contributed by atoms with van der Waals surface area (Å²) in [6.45, 7) is 0.736. The predicted molar refractivity (Wildman–Crippen MR) is 124 cm³/mol. The summed E-state index contributed by atoms with van der Waals surface area (Å²) in [5.41, 5.74) is 2.41. The van der Waals surface area contributed by atoms with Gasteiger partial charge in [-0.15, -0.1) is 0 Å². The minimum Gasteiger partial charge on any atom is -0.496 e. The van der Waals surface area contributed by atoms with Gasteiger partial charge in [-0.25, -0.2) is 4.79 Å². The number of ether oxygens (including phenoxy) is 1. The van der Waals surface area contributed by atoms with Crippen LogP contribution < -0.4 is 21.1 Å². The number of rotatable bonds is 6. The van der Waals surface area contributed by atoms with Crippen molar-refractivity contribution in [2.45, 2.75) is 44.8 Å². The molecule has 34 heavy (non-hydrogen) atoms. The third-order valence-electron chi connectivity index (χ3n) is 6.34. The number of alkyl halides is 3. The topological polar surface area (TPSA) is 88.2 Å². The zero-order valence-corrected chi connectivity index (χ0v) is 19.0. The molecule has 1 aliphatic carbocycles. The van der Waals surface area contributed by atoms with Gasteiger partial charge in [0, 0.05) is 23.7 Å². The van der Waals surface area contributed by atoms with Gasteiger partial charge in [0.15, 0.2) is 0 Å². The van der Waals surface area contributed by atoms with Crippen LogP contribution in [0.25, 0.3) is 11.0 Å². The van der Waals surface area contributed by atoms with Crippen LogP contribution in [0.3, 0.4) is 0 Å². The number of hydrogen-bond acceptors (Lipinski definition) is 4. The number of carbonyl (C=O) groups excluding carboxylic acids is 1. The van der Waals surface area contributed by atoms with Gasteiger partial charge in [0.2, 0.25) is 5.91 Å². The molecule has 1 saturated carbocycles. The van der Waals surface area contributed by atoms with Gasteiger partial charge >= 0.3 is 11.9 Å². The van der Waals surface area contributed by atoms with Crippen LogP contribution in [0.5, 0.6) is 5.75 Å². The van der Waals surface area contributed by atoms with E-state index in [-0.39, 0.29) is 29.2 Å². The lowest BCUT2D eigenvalue weighted by Crippen LogP contribution is -2.31. The van der Waals surface area contributed by atoms with E-state index in [1.165, 1.54) is 6.07 Å². The van der Waals surface area contributed by atoms with Gasteiger partial charge in [0.25, 0.3) is 0 Å². The number of nitrogens with one attached hydrogen (secondary N) is 3. The zero-order chi connectivity index (χ0) is 24.5. The van der Waals surface area contributed by atoms with Crippen molar-refractivity contribution in [1.82, 2.24) is 9.55 Å². The molecule has 2 aromatic carbocycles. The first kappa shape index (κ1) is 23.7. The number of H-pyrrole nitrogens is 1. The highest BCUT2D eigenvalue weighted by atomic mass is 19.4. The average Bonchev–Trinajstić information content (AvgIpc) is 3.14. The molecule has 0 radical (unpaired) electrons. The number of methoxy groups -OCH3 is 1. The molecule has 1 aromatic heterocycles. The molecule has 1 heterocycles. The summed E-state index contributed by atoms with van der Waals surface area (Å²) in [4.78, 5) is 28.2. The maximum Gasteiger partial charge on any atom is 0.405 e. The van der Waals surface area contributed by atoms with Gasteiger partial charge in [-0.1, -0.05) is 12.1 Å². The quantitative estimate of drug-likeness (QED) is 0.468. The molecular formula is C24H27F3N4O3. The van der Waals surface area contributed by atoms with Crippen LogP contribution in [-0.4, -0.2) is 35.3 Å². The zero-order valence-electron chi connectivity index (χ0n) is 19.0. The summed E-state index contributed by atoms with van der Waals surface area (Å²) >= 11 is 0. The Hall–Kier alpha value is -3.43. The lowest BCUT2D eigenvalue weighted by Gasteiger charge is -2.28. The molecule has 10 heteroatoms. The monoisotopic (exact) mass is 476 g/mol. The van der Waals surface area contributed by atoms with Crippen molar-refractivity contribution >= 4 is 28.3 Å². The molecule has 3 N–H and O–H groups in total. The molecule has 0 saturated heterocycles. The molecule has 0 bridgehead atoms. The predicted octanol–water partition coefficient (Wildman–Crippen LogP) is 4.99. The van der Waals surface area contributed by atoms with E-state index in [2.05, 4.69) is 15.6 Å². The second-order valence-electron chi connectivity index (χ2n) is 8.65. The summed E-state index contributed by atoms with van der Waals surface area (Å²) in [5, 5.41) is 5.30. The Labute approximate surface area is 194 Å². The van der Waals surface area contributed by atoms with Crippen LogP contribution in [0.4, 0.5) is 24.5 Å². The highest BCUT2D eigenvalue weighted by Gasteiger charge is 2.30. The van der Waals surface area contributed by atoms with E-state index in [4.69, 9.17) is 4.74 Å². The van der Waals surface area contributed by atoms with Crippen LogP contribution in [0.2, 0.25) is 0 Å². The summed E-state index contributed by atoms with van der Waals surface area (Å²) in [6, 6.07) is 10.2. The van der Waals surface area contributed by atoms with Crippen LogP contribution in [0.15, 0.2) is 41.2 Å². The van der Waals surface area contributed by atoms with E-state index >= 15 is 0 Å². The molecule has 4 rings (SSSR count). The number of benzene rings is 2. The third kappa shape index (κ3) is 5.05. The van der Waals surface area contributed by atoms with E-state index in [9.17, 15) is 22.8 Å². The summed E-state index contributed by atoms with van der Waals surface area (Å²) in [5.74, 6) is 0.437. The van der Waals surface area contributed by atoms with Crippen molar-refractivity contribution in [1.29, 1.82) is 0 Å². The number of halogens is 3. The Kier molecular flexibility index (Phi) is 6.58. The van der Waals surface area contributed by atoms with Gasteiger partial charge < -0.3 is 20.4 Å². The molecule has 1 fully saturated rings. The Bertz CT molecular complexity index is 1240. The van der Waals surface area contributed by atoms with Gasteiger partial charge in [0.05, 0.1) is 23.8 Å². The number of imidazole rings is 1. The van der Waals surface area contributed by atoms with Crippen molar-refractivity contribution < 1.29 is 22.7 Å². The number of amides is 1. The summed E-state index contributed by atoms with van der Waals surface area (Å²) in [6.07, 6.45) is -1.94. The van der Waals surface area contributed by atoms with Crippen molar-refractivity contribution in [3.8, 4) is 5.75 Å². The van der Waals surface area contributed by atoms with Gasteiger partial charge in [-0.3, -0.25) is 9.36 Å². The standard InChI is InChI=1S/C24H27F3N4O3/c1-14-6-9-16(12-20(14)34-2)29-22(32)15-7-10-17(11-8-15)31-19-5-3-4-18(21(19)30-23(31)33)28-13-24(25,26)27/h3-6,9,12,15,17,28H,7-8,10-11,13H2,1-2H3,(H,29,32)(H,30,33). The number of fused-ring (bicyclic) bond motifs is 1. The molecule has 3 aromatic rings. The lowest BCUT2D eigenvalue weighted by molar-refractivity contribution is -0.121. The lowest BCUT2D eigenvalue weighted by atomic mass is 9.85. The van der Waals surface area contributed by atoms with E-state index in [0.29, 0.717) is 48.2 Å².